The van der Waals surface area contributed by atoms with Crippen molar-refractivity contribution in [3.05, 3.63) is 41.3 Å². The standard InChI is InChI=1S/C13H16N4O/c1-3-5-10-8-12(17-16-10)15-13(18)11-7-4-6-9(2)14-11/h4,6-8H,3,5H2,1-2H3,(H2,15,16,17,18). The predicted octanol–water partition coefficient (Wildman–Crippen LogP) is 2.32. The van der Waals surface area contributed by atoms with E-state index < -0.39 is 0 Å². The minimum atomic E-state index is -0.242. The van der Waals surface area contributed by atoms with Gasteiger partial charge in [0.1, 0.15) is 5.69 Å². The van der Waals surface area contributed by atoms with Crippen LogP contribution in [-0.2, 0) is 6.42 Å². The lowest BCUT2D eigenvalue weighted by Crippen LogP contribution is -2.14. The maximum atomic E-state index is 11.9. The van der Waals surface area contributed by atoms with Gasteiger partial charge in [0.15, 0.2) is 5.82 Å². The minimum Gasteiger partial charge on any atom is -0.304 e. The zero-order valence-corrected chi connectivity index (χ0v) is 10.5. The lowest BCUT2D eigenvalue weighted by atomic mass is 10.2. The highest BCUT2D eigenvalue weighted by Crippen LogP contribution is 2.09. The molecule has 2 rings (SSSR count). The number of H-pyrrole nitrogens is 1. The summed E-state index contributed by atoms with van der Waals surface area (Å²) in [7, 11) is 0. The second-order valence-corrected chi connectivity index (χ2v) is 4.15. The van der Waals surface area contributed by atoms with Gasteiger partial charge in [0.25, 0.3) is 5.91 Å². The van der Waals surface area contributed by atoms with Crippen molar-refractivity contribution in [2.45, 2.75) is 26.7 Å². The zero-order chi connectivity index (χ0) is 13.0. The van der Waals surface area contributed by atoms with Gasteiger partial charge in [-0.05, 0) is 25.5 Å². The van der Waals surface area contributed by atoms with Gasteiger partial charge < -0.3 is 5.32 Å². The summed E-state index contributed by atoms with van der Waals surface area (Å²) in [6.07, 6.45) is 1.96. The lowest BCUT2D eigenvalue weighted by Gasteiger charge is -2.01. The Morgan fingerprint density at radius 3 is 3.00 bits per heavy atom. The molecule has 0 saturated heterocycles. The molecule has 2 aromatic rings. The number of anilines is 1. The number of carbonyl (C=O) groups excluding carboxylic acids is 1. The number of aryl methyl sites for hydroxylation is 2. The average Bonchev–Trinajstić information content (AvgIpc) is 2.77. The first-order chi connectivity index (χ1) is 8.69. The molecule has 5 nitrogen and oxygen atoms in total. The Morgan fingerprint density at radius 2 is 2.28 bits per heavy atom. The Hall–Kier alpha value is -2.17. The molecule has 0 radical (unpaired) electrons. The molecule has 0 aliphatic carbocycles. The zero-order valence-electron chi connectivity index (χ0n) is 10.5. The number of rotatable bonds is 4. The number of aromatic nitrogens is 3. The van der Waals surface area contributed by atoms with Crippen molar-refractivity contribution in [2.24, 2.45) is 0 Å². The van der Waals surface area contributed by atoms with Crippen LogP contribution in [0.2, 0.25) is 0 Å². The number of aromatic amines is 1. The third kappa shape index (κ3) is 2.94. The van der Waals surface area contributed by atoms with Crippen LogP contribution < -0.4 is 5.32 Å². The van der Waals surface area contributed by atoms with Crippen molar-refractivity contribution in [3.8, 4) is 0 Å². The van der Waals surface area contributed by atoms with Gasteiger partial charge in [-0.1, -0.05) is 19.4 Å². The molecule has 2 aromatic heterocycles. The predicted molar refractivity (Wildman–Crippen MR) is 69.5 cm³/mol. The van der Waals surface area contributed by atoms with E-state index in [1.807, 2.05) is 25.1 Å². The largest absolute Gasteiger partial charge is 0.304 e. The minimum absolute atomic E-state index is 0.242. The van der Waals surface area contributed by atoms with Gasteiger partial charge >= 0.3 is 0 Å². The van der Waals surface area contributed by atoms with Crippen LogP contribution in [0, 0.1) is 6.92 Å². The van der Waals surface area contributed by atoms with E-state index in [2.05, 4.69) is 27.4 Å². The molecule has 18 heavy (non-hydrogen) atoms. The van der Waals surface area contributed by atoms with Crippen LogP contribution in [0.25, 0.3) is 0 Å². The summed E-state index contributed by atoms with van der Waals surface area (Å²) in [5.41, 5.74) is 2.23. The molecule has 94 valence electrons. The molecular formula is C13H16N4O. The van der Waals surface area contributed by atoms with Gasteiger partial charge in [0, 0.05) is 17.5 Å². The van der Waals surface area contributed by atoms with Crippen molar-refractivity contribution >= 4 is 11.7 Å². The second-order valence-electron chi connectivity index (χ2n) is 4.15. The van der Waals surface area contributed by atoms with Gasteiger partial charge in [0.2, 0.25) is 0 Å². The summed E-state index contributed by atoms with van der Waals surface area (Å²) in [4.78, 5) is 16.1. The van der Waals surface area contributed by atoms with E-state index >= 15 is 0 Å². The van der Waals surface area contributed by atoms with Gasteiger partial charge in [-0.15, -0.1) is 0 Å². The quantitative estimate of drug-likeness (QED) is 0.867. The second kappa shape index (κ2) is 5.44. The van der Waals surface area contributed by atoms with Crippen LogP contribution >= 0.6 is 0 Å². The van der Waals surface area contributed by atoms with Crippen molar-refractivity contribution in [2.75, 3.05) is 5.32 Å². The van der Waals surface area contributed by atoms with Crippen LogP contribution in [0.4, 0.5) is 5.82 Å². The lowest BCUT2D eigenvalue weighted by molar-refractivity contribution is 0.102. The number of hydrogen-bond donors (Lipinski definition) is 2. The van der Waals surface area contributed by atoms with Crippen molar-refractivity contribution < 1.29 is 4.79 Å². The number of hydrogen-bond acceptors (Lipinski definition) is 3. The maximum absolute atomic E-state index is 11.9. The number of nitrogens with one attached hydrogen (secondary N) is 2. The number of amides is 1. The van der Waals surface area contributed by atoms with Gasteiger partial charge in [-0.25, -0.2) is 4.98 Å². The van der Waals surface area contributed by atoms with E-state index in [1.165, 1.54) is 0 Å². The summed E-state index contributed by atoms with van der Waals surface area (Å²) in [6.45, 7) is 3.94. The molecule has 0 saturated carbocycles. The summed E-state index contributed by atoms with van der Waals surface area (Å²) >= 11 is 0. The fourth-order valence-electron chi connectivity index (χ4n) is 1.67. The molecule has 0 bridgehead atoms. The Bertz CT molecular complexity index is 547. The molecule has 0 fully saturated rings. The summed E-state index contributed by atoms with van der Waals surface area (Å²) in [5, 5.41) is 9.65. The van der Waals surface area contributed by atoms with E-state index in [4.69, 9.17) is 0 Å². The smallest absolute Gasteiger partial charge is 0.275 e. The monoisotopic (exact) mass is 244 g/mol. The van der Waals surface area contributed by atoms with Crippen molar-refractivity contribution in [1.82, 2.24) is 15.2 Å². The molecule has 0 atom stereocenters. The number of pyridine rings is 1. The Balaban J connectivity index is 2.06. The molecule has 0 aromatic carbocycles. The molecule has 0 spiro atoms. The highest BCUT2D eigenvalue weighted by Gasteiger charge is 2.09. The van der Waals surface area contributed by atoms with Crippen molar-refractivity contribution in [1.29, 1.82) is 0 Å². The summed E-state index contributed by atoms with van der Waals surface area (Å²) in [5.74, 6) is 0.292. The van der Waals surface area contributed by atoms with Crippen LogP contribution in [0.15, 0.2) is 24.3 Å². The molecule has 0 aliphatic heterocycles. The first-order valence-electron chi connectivity index (χ1n) is 5.98. The third-order valence-electron chi connectivity index (χ3n) is 2.51. The molecule has 2 heterocycles. The maximum Gasteiger partial charge on any atom is 0.275 e. The summed E-state index contributed by atoms with van der Waals surface area (Å²) in [6, 6.07) is 7.19. The van der Waals surface area contributed by atoms with Crippen LogP contribution in [0.3, 0.4) is 0 Å². The van der Waals surface area contributed by atoms with Crippen molar-refractivity contribution in [3.63, 3.8) is 0 Å². The van der Waals surface area contributed by atoms with Crippen LogP contribution in [-0.4, -0.2) is 21.1 Å². The highest BCUT2D eigenvalue weighted by molar-refractivity contribution is 6.02. The first-order valence-corrected chi connectivity index (χ1v) is 5.98. The molecular weight excluding hydrogens is 228 g/mol. The van der Waals surface area contributed by atoms with Gasteiger partial charge in [-0.2, -0.15) is 5.10 Å². The fraction of sp³-hybridized carbons (Fsp3) is 0.308. The van der Waals surface area contributed by atoms with E-state index in [0.29, 0.717) is 11.5 Å². The molecule has 0 unspecified atom stereocenters. The Labute approximate surface area is 106 Å². The number of carbonyl (C=O) groups is 1. The Kier molecular flexibility index (Phi) is 3.72. The van der Waals surface area contributed by atoms with Gasteiger partial charge in [0.05, 0.1) is 0 Å². The van der Waals surface area contributed by atoms with Crippen LogP contribution in [0.1, 0.15) is 35.2 Å². The summed E-state index contributed by atoms with van der Waals surface area (Å²) < 4.78 is 0. The normalized spacial score (nSPS) is 10.3. The van der Waals surface area contributed by atoms with Gasteiger partial charge in [-0.3, -0.25) is 9.89 Å². The topological polar surface area (TPSA) is 70.7 Å². The molecule has 0 aliphatic rings. The van der Waals surface area contributed by atoms with E-state index in [9.17, 15) is 4.79 Å². The number of nitrogens with zero attached hydrogens (tertiary/aromatic N) is 2. The highest BCUT2D eigenvalue weighted by atomic mass is 16.1. The average molecular weight is 244 g/mol. The Morgan fingerprint density at radius 1 is 1.44 bits per heavy atom. The molecule has 1 amide bonds. The van der Waals surface area contributed by atoms with E-state index in [-0.39, 0.29) is 5.91 Å². The molecule has 5 heteroatoms. The van der Waals surface area contributed by atoms with E-state index in [1.54, 1.807) is 6.07 Å². The van der Waals surface area contributed by atoms with Crippen LogP contribution in [0.5, 0.6) is 0 Å². The fourth-order valence-corrected chi connectivity index (χ4v) is 1.67. The van der Waals surface area contributed by atoms with E-state index in [0.717, 1.165) is 24.2 Å². The molecule has 2 N–H and O–H groups in total. The SMILES string of the molecule is CCCc1cc(NC(=O)c2cccc(C)n2)n[nH]1. The third-order valence-corrected chi connectivity index (χ3v) is 2.51. The first kappa shape index (κ1) is 12.3.